The molecule has 0 spiro atoms. The summed E-state index contributed by atoms with van der Waals surface area (Å²) in [6.07, 6.45) is -0.113. The largest absolute Gasteiger partial charge is 0.481 e. The van der Waals surface area contributed by atoms with E-state index >= 15 is 0 Å². The van der Waals surface area contributed by atoms with Gasteiger partial charge < -0.3 is 20.6 Å². The van der Waals surface area contributed by atoms with Crippen molar-refractivity contribution in [1.82, 2.24) is 5.32 Å². The van der Waals surface area contributed by atoms with E-state index in [2.05, 4.69) is 5.32 Å². The zero-order valence-electron chi connectivity index (χ0n) is 8.78. The van der Waals surface area contributed by atoms with Crippen molar-refractivity contribution in [2.45, 2.75) is 12.5 Å². The smallest absolute Gasteiger partial charge is 0.312 e. The quantitative estimate of drug-likeness (QED) is 0.512. The second kappa shape index (κ2) is 4.80. The second-order valence-electron chi connectivity index (χ2n) is 4.28. The van der Waals surface area contributed by atoms with Gasteiger partial charge in [0.15, 0.2) is 0 Å². The van der Waals surface area contributed by atoms with Gasteiger partial charge in [0.1, 0.15) is 0 Å². The van der Waals surface area contributed by atoms with E-state index < -0.39 is 18.0 Å². The minimum Gasteiger partial charge on any atom is -0.481 e. The number of quaternary nitrogens is 1. The van der Waals surface area contributed by atoms with Crippen molar-refractivity contribution >= 4 is 12.0 Å². The van der Waals surface area contributed by atoms with Gasteiger partial charge in [0.05, 0.1) is 40.2 Å². The topological polar surface area (TPSA) is 92.4 Å². The lowest BCUT2D eigenvalue weighted by atomic mass is 10.2. The molecule has 82 valence electrons. The van der Waals surface area contributed by atoms with Gasteiger partial charge in [-0.05, 0) is 0 Å². The average molecular weight is 204 g/mol. The van der Waals surface area contributed by atoms with Crippen LogP contribution in [0.5, 0.6) is 0 Å². The molecule has 14 heavy (non-hydrogen) atoms. The molecule has 0 saturated heterocycles. The van der Waals surface area contributed by atoms with E-state index in [0.717, 1.165) is 0 Å². The molecule has 0 rings (SSSR count). The minimum atomic E-state index is -0.947. The van der Waals surface area contributed by atoms with E-state index in [9.17, 15) is 9.59 Å². The maximum atomic E-state index is 10.6. The van der Waals surface area contributed by atoms with Gasteiger partial charge in [-0.3, -0.25) is 4.79 Å². The molecule has 2 amide bonds. The zero-order valence-corrected chi connectivity index (χ0v) is 8.78. The molecule has 0 aromatic heterocycles. The number of nitrogens with two attached hydrogens (primary N) is 1. The minimum absolute atomic E-state index is 0.113. The van der Waals surface area contributed by atoms with Gasteiger partial charge in [0.2, 0.25) is 0 Å². The molecule has 1 atom stereocenters. The van der Waals surface area contributed by atoms with Gasteiger partial charge in [-0.1, -0.05) is 0 Å². The van der Waals surface area contributed by atoms with Crippen LogP contribution in [0.1, 0.15) is 6.42 Å². The molecule has 6 nitrogen and oxygen atoms in total. The van der Waals surface area contributed by atoms with Crippen molar-refractivity contribution in [3.05, 3.63) is 0 Å². The summed E-state index contributed by atoms with van der Waals surface area (Å²) in [7, 11) is 5.74. The molecule has 0 heterocycles. The molecular formula is C8H18N3O3+. The third-order valence-corrected chi connectivity index (χ3v) is 1.54. The number of carbonyl (C=O) groups excluding carboxylic acids is 1. The Balaban J connectivity index is 4.24. The number of carboxylic acid groups (broad SMARTS) is 1. The second-order valence-corrected chi connectivity index (χ2v) is 4.28. The maximum absolute atomic E-state index is 10.6. The molecule has 4 N–H and O–H groups in total. The highest BCUT2D eigenvalue weighted by Crippen LogP contribution is 1.99. The number of hydrogen-bond donors (Lipinski definition) is 3. The summed E-state index contributed by atoms with van der Waals surface area (Å²) >= 11 is 0. The number of carboxylic acids is 1. The predicted octanol–water partition coefficient (Wildman–Crippen LogP) is -0.796. The molecule has 0 aromatic rings. The summed E-state index contributed by atoms with van der Waals surface area (Å²) in [6.45, 7) is 0.523. The van der Waals surface area contributed by atoms with Gasteiger partial charge in [-0.25, -0.2) is 4.79 Å². The standard InChI is InChI=1S/C8H17N3O3/c1-11(2,3)5-6(4-7(12)13)10-8(9)14/h6H,4-5H2,1-3H3,(H3-,9,10,12,13,14)/p+1. The lowest BCUT2D eigenvalue weighted by molar-refractivity contribution is -0.871. The number of nitrogens with zero attached hydrogens (tertiary/aromatic N) is 1. The van der Waals surface area contributed by atoms with Crippen molar-refractivity contribution in [1.29, 1.82) is 0 Å². The fourth-order valence-electron chi connectivity index (χ4n) is 1.23. The molecule has 0 aliphatic carbocycles. The monoisotopic (exact) mass is 204 g/mol. The molecule has 6 heteroatoms. The number of rotatable bonds is 5. The Morgan fingerprint density at radius 2 is 1.93 bits per heavy atom. The first kappa shape index (κ1) is 12.7. The highest BCUT2D eigenvalue weighted by atomic mass is 16.4. The number of primary amides is 1. The maximum Gasteiger partial charge on any atom is 0.312 e. The summed E-state index contributed by atoms with van der Waals surface area (Å²) in [5.74, 6) is -0.947. The van der Waals surface area contributed by atoms with Crippen molar-refractivity contribution in [2.75, 3.05) is 27.7 Å². The number of likely N-dealkylation sites (N-methyl/N-ethyl adjacent to an activating group) is 1. The summed E-state index contributed by atoms with van der Waals surface area (Å²) in [5.41, 5.74) is 4.94. The fraction of sp³-hybridized carbons (Fsp3) is 0.750. The Hall–Kier alpha value is -1.30. The van der Waals surface area contributed by atoms with Gasteiger partial charge in [-0.2, -0.15) is 0 Å². The summed E-state index contributed by atoms with van der Waals surface area (Å²) < 4.78 is 0.568. The Morgan fingerprint density at radius 1 is 1.43 bits per heavy atom. The lowest BCUT2D eigenvalue weighted by Crippen LogP contribution is -2.50. The fourth-order valence-corrected chi connectivity index (χ4v) is 1.23. The van der Waals surface area contributed by atoms with Gasteiger partial charge >= 0.3 is 12.0 Å². The van der Waals surface area contributed by atoms with E-state index in [4.69, 9.17) is 10.8 Å². The van der Waals surface area contributed by atoms with Crippen LogP contribution in [-0.2, 0) is 4.79 Å². The number of aliphatic carboxylic acids is 1. The molecule has 0 aromatic carbocycles. The number of carbonyl (C=O) groups is 2. The third-order valence-electron chi connectivity index (χ3n) is 1.54. The molecule has 1 unspecified atom stereocenters. The Morgan fingerprint density at radius 3 is 2.21 bits per heavy atom. The van der Waals surface area contributed by atoms with Crippen LogP contribution in [-0.4, -0.2) is 55.3 Å². The first-order valence-corrected chi connectivity index (χ1v) is 4.29. The summed E-state index contributed by atoms with van der Waals surface area (Å²) in [6, 6.07) is -1.12. The van der Waals surface area contributed by atoms with Gasteiger partial charge in [-0.15, -0.1) is 0 Å². The van der Waals surface area contributed by atoms with Gasteiger partial charge in [0.25, 0.3) is 0 Å². The highest BCUT2D eigenvalue weighted by molar-refractivity contribution is 5.74. The van der Waals surface area contributed by atoms with E-state index in [0.29, 0.717) is 11.0 Å². The molecular weight excluding hydrogens is 186 g/mol. The molecule has 0 bridgehead atoms. The predicted molar refractivity (Wildman–Crippen MR) is 51.7 cm³/mol. The SMILES string of the molecule is C[N+](C)(C)CC(CC(=O)O)NC(N)=O. The number of amides is 2. The molecule has 0 saturated carbocycles. The zero-order chi connectivity index (χ0) is 11.4. The van der Waals surface area contributed by atoms with Crippen molar-refractivity contribution in [3.63, 3.8) is 0 Å². The van der Waals surface area contributed by atoms with Crippen LogP contribution < -0.4 is 11.1 Å². The van der Waals surface area contributed by atoms with Crippen LogP contribution in [0.3, 0.4) is 0 Å². The lowest BCUT2D eigenvalue weighted by Gasteiger charge is -2.28. The first-order chi connectivity index (χ1) is 6.20. The molecule has 0 aliphatic rings. The van der Waals surface area contributed by atoms with E-state index in [-0.39, 0.29) is 6.42 Å². The Bertz CT molecular complexity index is 206. The first-order valence-electron chi connectivity index (χ1n) is 4.29. The highest BCUT2D eigenvalue weighted by Gasteiger charge is 2.21. The van der Waals surface area contributed by atoms with Gasteiger partial charge in [0, 0.05) is 0 Å². The van der Waals surface area contributed by atoms with Crippen LogP contribution in [0.15, 0.2) is 0 Å². The van der Waals surface area contributed by atoms with E-state index in [1.54, 1.807) is 0 Å². The Kier molecular flexibility index (Phi) is 4.36. The summed E-state index contributed by atoms with van der Waals surface area (Å²) in [4.78, 5) is 21.1. The van der Waals surface area contributed by atoms with Crippen molar-refractivity contribution < 1.29 is 19.2 Å². The van der Waals surface area contributed by atoms with Crippen LogP contribution in [0, 0.1) is 0 Å². The number of hydrogen-bond acceptors (Lipinski definition) is 2. The number of nitrogens with one attached hydrogen (secondary N) is 1. The van der Waals surface area contributed by atoms with Crippen molar-refractivity contribution in [3.8, 4) is 0 Å². The Labute approximate surface area is 83.3 Å². The van der Waals surface area contributed by atoms with Crippen molar-refractivity contribution in [2.24, 2.45) is 5.73 Å². The van der Waals surface area contributed by atoms with E-state index in [1.165, 1.54) is 0 Å². The molecule has 0 fully saturated rings. The third kappa shape index (κ3) is 7.35. The normalized spacial score (nSPS) is 13.4. The van der Waals surface area contributed by atoms with Crippen LogP contribution in [0.4, 0.5) is 4.79 Å². The number of urea groups is 1. The average Bonchev–Trinajstić information content (AvgIpc) is 1.77. The van der Waals surface area contributed by atoms with Crippen LogP contribution in [0.2, 0.25) is 0 Å². The molecule has 0 aliphatic heterocycles. The van der Waals surface area contributed by atoms with Crippen LogP contribution in [0.25, 0.3) is 0 Å². The van der Waals surface area contributed by atoms with E-state index in [1.807, 2.05) is 21.1 Å². The van der Waals surface area contributed by atoms with Crippen LogP contribution >= 0.6 is 0 Å². The molecule has 0 radical (unpaired) electrons. The summed E-state index contributed by atoms with van der Waals surface area (Å²) in [5, 5.41) is 11.0.